The first-order chi connectivity index (χ1) is 9.59. The molecule has 3 rings (SSSR count). The number of rotatable bonds is 3. The number of hydrogen-bond donors (Lipinski definition) is 3. The molecule has 3 N–H and O–H groups in total. The van der Waals surface area contributed by atoms with Crippen molar-refractivity contribution in [2.24, 2.45) is 0 Å². The van der Waals surface area contributed by atoms with E-state index in [4.69, 9.17) is 5.11 Å². The molecular formula is C11H8N4O4S. The van der Waals surface area contributed by atoms with Crippen LogP contribution in [0.2, 0.25) is 0 Å². The highest BCUT2D eigenvalue weighted by Crippen LogP contribution is 2.34. The predicted octanol–water partition coefficient (Wildman–Crippen LogP) is 0.464. The second-order valence-corrected chi connectivity index (χ2v) is 4.85. The molecule has 0 bridgehead atoms. The minimum atomic E-state index is -1.18. The van der Waals surface area contributed by atoms with Gasteiger partial charge in [-0.25, -0.2) is 9.50 Å². The van der Waals surface area contributed by atoms with Crippen molar-refractivity contribution < 1.29 is 19.8 Å². The van der Waals surface area contributed by atoms with E-state index in [1.54, 1.807) is 11.4 Å². The minimum Gasteiger partial charge on any atom is -0.504 e. The lowest BCUT2D eigenvalue weighted by atomic mass is 10.2. The number of aromatic nitrogens is 3. The monoisotopic (exact) mass is 292 g/mol. The highest BCUT2D eigenvalue weighted by Gasteiger charge is 2.22. The van der Waals surface area contributed by atoms with Gasteiger partial charge in [-0.05, 0) is 11.4 Å². The Labute approximate surface area is 115 Å². The fraction of sp³-hybridized carbons (Fsp3) is 0.0909. The van der Waals surface area contributed by atoms with Crippen molar-refractivity contribution in [3.05, 3.63) is 23.5 Å². The quantitative estimate of drug-likeness (QED) is 0.646. The third-order valence-corrected chi connectivity index (χ3v) is 3.64. The summed E-state index contributed by atoms with van der Waals surface area (Å²) in [7, 11) is 0. The van der Waals surface area contributed by atoms with Gasteiger partial charge in [-0.1, -0.05) is 0 Å². The number of nitrogens with zero attached hydrogens (tertiary/aromatic N) is 3. The lowest BCUT2D eigenvalue weighted by molar-refractivity contribution is -0.135. The van der Waals surface area contributed by atoms with Gasteiger partial charge in [0.1, 0.15) is 12.9 Å². The summed E-state index contributed by atoms with van der Waals surface area (Å²) in [4.78, 5) is 26.6. The molecular weight excluding hydrogens is 284 g/mol. The summed E-state index contributed by atoms with van der Waals surface area (Å²) < 4.78 is 1.70. The molecule has 0 atom stereocenters. The highest BCUT2D eigenvalue weighted by molar-refractivity contribution is 7.17. The summed E-state index contributed by atoms with van der Waals surface area (Å²) in [5, 5.41) is 27.3. The molecule has 1 amide bonds. The van der Waals surface area contributed by atoms with E-state index in [1.807, 2.05) is 0 Å². The van der Waals surface area contributed by atoms with E-state index < -0.39 is 18.4 Å². The molecule has 0 aromatic carbocycles. The maximum absolute atomic E-state index is 12.0. The molecule has 0 radical (unpaired) electrons. The van der Waals surface area contributed by atoms with E-state index in [2.05, 4.69) is 15.4 Å². The first-order valence-electron chi connectivity index (χ1n) is 5.51. The van der Waals surface area contributed by atoms with Crippen LogP contribution in [0.4, 0.5) is 0 Å². The van der Waals surface area contributed by atoms with Crippen molar-refractivity contribution in [2.45, 2.75) is 0 Å². The molecule has 0 aliphatic carbocycles. The van der Waals surface area contributed by atoms with E-state index in [9.17, 15) is 14.7 Å². The second-order valence-electron chi connectivity index (χ2n) is 3.93. The number of carboxylic acid groups (broad SMARTS) is 1. The zero-order chi connectivity index (χ0) is 14.3. The third kappa shape index (κ3) is 1.75. The van der Waals surface area contributed by atoms with E-state index in [1.165, 1.54) is 22.2 Å². The zero-order valence-electron chi connectivity index (χ0n) is 9.90. The molecule has 0 aliphatic heterocycles. The molecule has 102 valence electrons. The topological polar surface area (TPSA) is 117 Å². The Bertz CT molecular complexity index is 838. The molecule has 0 unspecified atom stereocenters. The van der Waals surface area contributed by atoms with Crippen LogP contribution >= 0.6 is 11.3 Å². The van der Waals surface area contributed by atoms with E-state index in [0.29, 0.717) is 15.7 Å². The van der Waals surface area contributed by atoms with Crippen molar-refractivity contribution in [2.75, 3.05) is 6.54 Å². The van der Waals surface area contributed by atoms with Gasteiger partial charge in [0.2, 0.25) is 0 Å². The number of amides is 1. The van der Waals surface area contributed by atoms with E-state index in [0.717, 1.165) is 0 Å². The van der Waals surface area contributed by atoms with Gasteiger partial charge in [-0.15, -0.1) is 11.3 Å². The zero-order valence-corrected chi connectivity index (χ0v) is 10.7. The Morgan fingerprint density at radius 2 is 2.25 bits per heavy atom. The van der Waals surface area contributed by atoms with Crippen molar-refractivity contribution in [1.82, 2.24) is 19.9 Å². The van der Waals surface area contributed by atoms with Crippen LogP contribution in [-0.4, -0.2) is 43.2 Å². The number of carbonyl (C=O) groups excluding carboxylic acids is 1. The van der Waals surface area contributed by atoms with Gasteiger partial charge in [-0.3, -0.25) is 9.59 Å². The summed E-state index contributed by atoms with van der Waals surface area (Å²) in [5.74, 6) is -2.14. The lowest BCUT2D eigenvalue weighted by Crippen LogP contribution is -2.30. The van der Waals surface area contributed by atoms with Crippen molar-refractivity contribution in [3.8, 4) is 5.75 Å². The van der Waals surface area contributed by atoms with Crippen LogP contribution < -0.4 is 5.32 Å². The van der Waals surface area contributed by atoms with Crippen LogP contribution in [0.25, 0.3) is 15.7 Å². The second kappa shape index (κ2) is 4.46. The van der Waals surface area contributed by atoms with Crippen LogP contribution in [0.3, 0.4) is 0 Å². The van der Waals surface area contributed by atoms with E-state index >= 15 is 0 Å². The number of thiophene rings is 1. The van der Waals surface area contributed by atoms with Gasteiger partial charge in [0, 0.05) is 5.39 Å². The third-order valence-electron chi connectivity index (χ3n) is 2.72. The number of fused-ring (bicyclic) bond motifs is 3. The number of aromatic hydroxyl groups is 1. The average Bonchev–Trinajstić information content (AvgIpc) is 3.03. The first kappa shape index (κ1) is 12.4. The van der Waals surface area contributed by atoms with Gasteiger partial charge in [0.25, 0.3) is 5.91 Å². The maximum Gasteiger partial charge on any atom is 0.322 e. The van der Waals surface area contributed by atoms with Crippen LogP contribution in [0, 0.1) is 0 Å². The Kier molecular flexibility index (Phi) is 2.75. The van der Waals surface area contributed by atoms with Crippen molar-refractivity contribution >= 4 is 38.9 Å². The summed E-state index contributed by atoms with van der Waals surface area (Å²) >= 11 is 1.26. The Morgan fingerprint density at radius 1 is 1.45 bits per heavy atom. The number of carboxylic acids is 1. The SMILES string of the molecule is O=C(O)CNC(=O)c1c(O)c2sccc2c2ncnn12. The smallest absolute Gasteiger partial charge is 0.322 e. The summed E-state index contributed by atoms with van der Waals surface area (Å²) in [6.07, 6.45) is 1.26. The van der Waals surface area contributed by atoms with Crippen molar-refractivity contribution in [3.63, 3.8) is 0 Å². The van der Waals surface area contributed by atoms with Crippen LogP contribution in [0.15, 0.2) is 17.8 Å². The molecule has 8 nitrogen and oxygen atoms in total. The number of nitrogens with one attached hydrogen (secondary N) is 1. The Balaban J connectivity index is 2.21. The molecule has 0 saturated heterocycles. The standard InChI is InChI=1S/C11H8N4O4S/c16-6(17)3-12-11(19)7-8(18)9-5(1-2-20-9)10-13-4-14-15(7)10/h1-2,4,18H,3H2,(H,12,19)(H,16,17). The molecule has 0 spiro atoms. The van der Waals surface area contributed by atoms with Crippen LogP contribution in [0.1, 0.15) is 10.5 Å². The molecule has 0 fully saturated rings. The molecule has 3 heterocycles. The molecule has 3 aromatic heterocycles. The average molecular weight is 292 g/mol. The number of pyridine rings is 1. The van der Waals surface area contributed by atoms with Gasteiger partial charge >= 0.3 is 5.97 Å². The summed E-state index contributed by atoms with van der Waals surface area (Å²) in [5.41, 5.74) is 0.299. The number of carbonyl (C=O) groups is 2. The fourth-order valence-corrected chi connectivity index (χ4v) is 2.74. The first-order valence-corrected chi connectivity index (χ1v) is 6.39. The van der Waals surface area contributed by atoms with Gasteiger partial charge in [0.05, 0.1) is 4.70 Å². The predicted molar refractivity (Wildman–Crippen MR) is 70.0 cm³/mol. The largest absolute Gasteiger partial charge is 0.504 e. The molecule has 0 saturated carbocycles. The van der Waals surface area contributed by atoms with Crippen LogP contribution in [0.5, 0.6) is 5.75 Å². The normalized spacial score (nSPS) is 11.0. The molecule has 3 aromatic rings. The molecule has 20 heavy (non-hydrogen) atoms. The van der Waals surface area contributed by atoms with Gasteiger partial charge in [0.15, 0.2) is 17.1 Å². The van der Waals surface area contributed by atoms with E-state index in [-0.39, 0.29) is 11.4 Å². The molecule has 9 heteroatoms. The van der Waals surface area contributed by atoms with Crippen molar-refractivity contribution in [1.29, 1.82) is 0 Å². The number of aliphatic carboxylic acids is 1. The molecule has 0 aliphatic rings. The highest BCUT2D eigenvalue weighted by atomic mass is 32.1. The fourth-order valence-electron chi connectivity index (χ4n) is 1.91. The Hall–Kier alpha value is -2.68. The maximum atomic E-state index is 12.0. The lowest BCUT2D eigenvalue weighted by Gasteiger charge is -2.08. The summed E-state index contributed by atoms with van der Waals surface area (Å²) in [6.45, 7) is -0.545. The minimum absolute atomic E-state index is 0.131. The van der Waals surface area contributed by atoms with Gasteiger partial charge < -0.3 is 15.5 Å². The van der Waals surface area contributed by atoms with Crippen LogP contribution in [-0.2, 0) is 4.79 Å². The number of hydrogen-bond acceptors (Lipinski definition) is 6. The van der Waals surface area contributed by atoms with Gasteiger partial charge in [-0.2, -0.15) is 5.10 Å². The Morgan fingerprint density at radius 3 is 3.00 bits per heavy atom. The summed E-state index contributed by atoms with van der Waals surface area (Å²) in [6, 6.07) is 1.77.